The molecule has 0 bridgehead atoms. The van der Waals surface area contributed by atoms with Crippen LogP contribution in [0, 0.1) is 5.92 Å². The first kappa shape index (κ1) is 21.2. The van der Waals surface area contributed by atoms with Crippen molar-refractivity contribution < 1.29 is 13.2 Å². The van der Waals surface area contributed by atoms with Crippen molar-refractivity contribution >= 4 is 21.5 Å². The number of piperidine rings is 1. The Bertz CT molecular complexity index is 1140. The molecule has 3 heterocycles. The number of hydrogen-bond donors (Lipinski definition) is 1. The number of nitrogens with zero attached hydrogens (tertiary/aromatic N) is 4. The first-order valence-corrected chi connectivity index (χ1v) is 12.0. The second-order valence-electron chi connectivity index (χ2n) is 7.82. The number of rotatable bonds is 7. The molecule has 162 valence electrons. The average molecular weight is 440 g/mol. The molecule has 0 amide bonds. The molecule has 1 saturated heterocycles. The summed E-state index contributed by atoms with van der Waals surface area (Å²) in [6, 6.07) is 10.7. The molecule has 0 aliphatic carbocycles. The number of likely N-dealkylation sites (tertiary alicyclic amines) is 1. The van der Waals surface area contributed by atoms with Crippen LogP contribution in [0.5, 0.6) is 0 Å². The predicted octanol–water partition coefficient (Wildman–Crippen LogP) is 2.73. The Balaban J connectivity index is 1.36. The summed E-state index contributed by atoms with van der Waals surface area (Å²) in [7, 11) is -3.33. The van der Waals surface area contributed by atoms with Gasteiger partial charge in [-0.1, -0.05) is 6.07 Å². The molecule has 1 aromatic carbocycles. The Morgan fingerprint density at radius 2 is 1.87 bits per heavy atom. The average Bonchev–Trinajstić information content (AvgIpc) is 3.28. The smallest absolute Gasteiger partial charge is 0.229 e. The number of carbonyl (C=O) groups is 1. The fourth-order valence-corrected chi connectivity index (χ4v) is 4.48. The topological polar surface area (TPSA) is 97.2 Å². The number of Topliss-reactive ketones (excluding diaryl/α,β-unsaturated/α-hetero) is 1. The van der Waals surface area contributed by atoms with Crippen molar-refractivity contribution in [3.8, 4) is 5.82 Å². The van der Waals surface area contributed by atoms with E-state index in [1.807, 2.05) is 16.8 Å². The Kier molecular flexibility index (Phi) is 6.15. The monoisotopic (exact) mass is 439 g/mol. The van der Waals surface area contributed by atoms with E-state index in [1.165, 1.54) is 0 Å². The van der Waals surface area contributed by atoms with Crippen LogP contribution in [-0.2, 0) is 16.6 Å². The third kappa shape index (κ3) is 5.36. The summed E-state index contributed by atoms with van der Waals surface area (Å²) in [6.07, 6.45) is 9.83. The van der Waals surface area contributed by atoms with Crippen molar-refractivity contribution in [2.45, 2.75) is 19.4 Å². The molecular weight excluding hydrogens is 414 g/mol. The van der Waals surface area contributed by atoms with Crippen LogP contribution in [0.15, 0.2) is 61.3 Å². The normalized spacial score (nSPS) is 15.6. The van der Waals surface area contributed by atoms with E-state index in [0.29, 0.717) is 11.3 Å². The van der Waals surface area contributed by atoms with Crippen LogP contribution in [0.4, 0.5) is 5.69 Å². The van der Waals surface area contributed by atoms with Gasteiger partial charge in [-0.3, -0.25) is 19.0 Å². The molecule has 0 atom stereocenters. The standard InChI is InChI=1S/C22H25N5O3S/c1-31(29,30)25-20-6-4-17(5-7-20)21(28)18-8-12-26(13-9-18)15-19-3-2-10-24-22(19)27-14-11-23-16-27/h2-7,10-11,14,16,18,25H,8-9,12-13,15H2,1H3. The Morgan fingerprint density at radius 3 is 2.52 bits per heavy atom. The Hall–Kier alpha value is -3.04. The van der Waals surface area contributed by atoms with E-state index in [4.69, 9.17) is 0 Å². The van der Waals surface area contributed by atoms with Gasteiger partial charge in [0.25, 0.3) is 0 Å². The minimum atomic E-state index is -3.33. The van der Waals surface area contributed by atoms with Crippen molar-refractivity contribution in [3.05, 3.63) is 72.4 Å². The zero-order chi connectivity index (χ0) is 21.8. The van der Waals surface area contributed by atoms with Crippen molar-refractivity contribution in [2.75, 3.05) is 24.1 Å². The summed E-state index contributed by atoms with van der Waals surface area (Å²) in [5.74, 6) is 0.971. The number of benzene rings is 1. The highest BCUT2D eigenvalue weighted by Gasteiger charge is 2.26. The molecule has 0 radical (unpaired) electrons. The summed E-state index contributed by atoms with van der Waals surface area (Å²) in [5, 5.41) is 0. The maximum Gasteiger partial charge on any atom is 0.229 e. The van der Waals surface area contributed by atoms with E-state index in [0.717, 1.165) is 50.1 Å². The molecule has 1 fully saturated rings. The lowest BCUT2D eigenvalue weighted by Crippen LogP contribution is -2.36. The molecule has 4 rings (SSSR count). The number of ketones is 1. The van der Waals surface area contributed by atoms with Gasteiger partial charge in [-0.05, 0) is 56.3 Å². The van der Waals surface area contributed by atoms with Gasteiger partial charge in [0.2, 0.25) is 10.0 Å². The van der Waals surface area contributed by atoms with E-state index in [9.17, 15) is 13.2 Å². The third-order valence-corrected chi connectivity index (χ3v) is 6.05. The van der Waals surface area contributed by atoms with Crippen LogP contribution in [0.2, 0.25) is 0 Å². The molecule has 0 spiro atoms. The number of aromatic nitrogens is 3. The van der Waals surface area contributed by atoms with E-state index in [2.05, 4.69) is 25.7 Å². The second kappa shape index (κ2) is 8.99. The van der Waals surface area contributed by atoms with Crippen LogP contribution in [0.3, 0.4) is 0 Å². The first-order valence-electron chi connectivity index (χ1n) is 10.2. The number of nitrogens with one attached hydrogen (secondary N) is 1. The minimum Gasteiger partial charge on any atom is -0.299 e. The van der Waals surface area contributed by atoms with E-state index >= 15 is 0 Å². The van der Waals surface area contributed by atoms with Gasteiger partial charge in [0.15, 0.2) is 5.78 Å². The van der Waals surface area contributed by atoms with Gasteiger partial charge in [-0.25, -0.2) is 18.4 Å². The Labute approximate surface area is 182 Å². The van der Waals surface area contributed by atoms with E-state index < -0.39 is 10.0 Å². The lowest BCUT2D eigenvalue weighted by molar-refractivity contribution is 0.0834. The lowest BCUT2D eigenvalue weighted by atomic mass is 9.88. The predicted molar refractivity (Wildman–Crippen MR) is 119 cm³/mol. The van der Waals surface area contributed by atoms with Gasteiger partial charge in [0.05, 0.1) is 6.26 Å². The highest BCUT2D eigenvalue weighted by atomic mass is 32.2. The van der Waals surface area contributed by atoms with Crippen LogP contribution < -0.4 is 4.72 Å². The summed E-state index contributed by atoms with van der Waals surface area (Å²) in [6.45, 7) is 2.44. The molecule has 0 saturated carbocycles. The van der Waals surface area contributed by atoms with Crippen LogP contribution in [-0.4, -0.2) is 53.0 Å². The molecule has 3 aromatic rings. The zero-order valence-electron chi connectivity index (χ0n) is 17.3. The van der Waals surface area contributed by atoms with Crippen molar-refractivity contribution in [2.24, 2.45) is 5.92 Å². The quantitative estimate of drug-likeness (QED) is 0.569. The Morgan fingerprint density at radius 1 is 1.13 bits per heavy atom. The SMILES string of the molecule is CS(=O)(=O)Nc1ccc(C(=O)C2CCN(Cc3cccnc3-n3ccnc3)CC2)cc1. The maximum atomic E-state index is 12.9. The van der Waals surface area contributed by atoms with Crippen molar-refractivity contribution in [1.82, 2.24) is 19.4 Å². The summed E-state index contributed by atoms with van der Waals surface area (Å²) >= 11 is 0. The second-order valence-corrected chi connectivity index (χ2v) is 9.57. The van der Waals surface area contributed by atoms with Gasteiger partial charge in [0.1, 0.15) is 12.1 Å². The highest BCUT2D eigenvalue weighted by Crippen LogP contribution is 2.25. The molecule has 9 heteroatoms. The number of carbonyl (C=O) groups excluding carboxylic acids is 1. The zero-order valence-corrected chi connectivity index (χ0v) is 18.1. The van der Waals surface area contributed by atoms with Crippen molar-refractivity contribution in [3.63, 3.8) is 0 Å². The molecule has 2 aromatic heterocycles. The number of hydrogen-bond acceptors (Lipinski definition) is 6. The minimum absolute atomic E-state index is 0.0213. The molecular formula is C22H25N5O3S. The number of sulfonamides is 1. The lowest BCUT2D eigenvalue weighted by Gasteiger charge is -2.31. The van der Waals surface area contributed by atoms with Gasteiger partial charge < -0.3 is 0 Å². The summed E-state index contributed by atoms with van der Waals surface area (Å²) < 4.78 is 27.0. The molecule has 31 heavy (non-hydrogen) atoms. The van der Waals surface area contributed by atoms with Gasteiger partial charge in [-0.2, -0.15) is 0 Å². The van der Waals surface area contributed by atoms with Gasteiger partial charge >= 0.3 is 0 Å². The van der Waals surface area contributed by atoms with Gasteiger partial charge in [0, 0.05) is 47.9 Å². The maximum absolute atomic E-state index is 12.9. The fourth-order valence-electron chi connectivity index (χ4n) is 3.92. The number of pyridine rings is 1. The van der Waals surface area contributed by atoms with E-state index in [-0.39, 0.29) is 11.7 Å². The first-order chi connectivity index (χ1) is 14.9. The summed E-state index contributed by atoms with van der Waals surface area (Å²) in [4.78, 5) is 23.8. The highest BCUT2D eigenvalue weighted by molar-refractivity contribution is 7.92. The largest absolute Gasteiger partial charge is 0.299 e. The van der Waals surface area contributed by atoms with Crippen LogP contribution in [0.25, 0.3) is 5.82 Å². The fraction of sp³-hybridized carbons (Fsp3) is 0.318. The number of anilines is 1. The van der Waals surface area contributed by atoms with Gasteiger partial charge in [-0.15, -0.1) is 0 Å². The molecule has 1 N–H and O–H groups in total. The molecule has 0 unspecified atom stereocenters. The molecule has 1 aliphatic heterocycles. The third-order valence-electron chi connectivity index (χ3n) is 5.44. The molecule has 8 nitrogen and oxygen atoms in total. The summed E-state index contributed by atoms with van der Waals surface area (Å²) in [5.41, 5.74) is 2.20. The molecule has 1 aliphatic rings. The number of imidazole rings is 1. The van der Waals surface area contributed by atoms with E-state index in [1.54, 1.807) is 43.0 Å². The van der Waals surface area contributed by atoms with Crippen LogP contribution in [0.1, 0.15) is 28.8 Å². The van der Waals surface area contributed by atoms with Crippen molar-refractivity contribution in [1.29, 1.82) is 0 Å². The van der Waals surface area contributed by atoms with Crippen LogP contribution >= 0.6 is 0 Å².